The molecule has 1 atom stereocenters. The number of allylic oxidation sites excluding steroid dienone is 2. The third-order valence-corrected chi connectivity index (χ3v) is 1.42. The van der Waals surface area contributed by atoms with Crippen LogP contribution in [-0.2, 0) is 4.79 Å². The fourth-order valence-corrected chi connectivity index (χ4v) is 0.835. The number of nitrogens with one attached hydrogen (secondary N) is 1. The summed E-state index contributed by atoms with van der Waals surface area (Å²) in [4.78, 5) is 11.0. The van der Waals surface area contributed by atoms with E-state index in [1.807, 2.05) is 13.0 Å². The molecule has 3 heteroatoms. The second kappa shape index (κ2) is 3.02. The SMILES string of the molecule is CC1=CC(C#N)C(=O)NC=C1. The van der Waals surface area contributed by atoms with E-state index < -0.39 is 5.92 Å². The van der Waals surface area contributed by atoms with E-state index in [0.717, 1.165) is 5.57 Å². The zero-order valence-electron chi connectivity index (χ0n) is 6.16. The maximum Gasteiger partial charge on any atom is 0.245 e. The maximum atomic E-state index is 11.0. The molecular weight excluding hydrogens is 140 g/mol. The Morgan fingerprint density at radius 3 is 3.09 bits per heavy atom. The van der Waals surface area contributed by atoms with E-state index in [1.54, 1.807) is 18.4 Å². The van der Waals surface area contributed by atoms with Gasteiger partial charge in [0.05, 0.1) is 6.07 Å². The van der Waals surface area contributed by atoms with Crippen LogP contribution in [0.15, 0.2) is 23.9 Å². The first-order valence-electron chi connectivity index (χ1n) is 3.29. The summed E-state index contributed by atoms with van der Waals surface area (Å²) >= 11 is 0. The van der Waals surface area contributed by atoms with E-state index >= 15 is 0 Å². The van der Waals surface area contributed by atoms with Gasteiger partial charge in [0.1, 0.15) is 5.92 Å². The smallest absolute Gasteiger partial charge is 0.245 e. The van der Waals surface area contributed by atoms with Gasteiger partial charge in [-0.2, -0.15) is 5.26 Å². The number of rotatable bonds is 0. The van der Waals surface area contributed by atoms with E-state index in [1.165, 1.54) is 0 Å². The highest BCUT2D eigenvalue weighted by Gasteiger charge is 2.14. The van der Waals surface area contributed by atoms with Crippen LogP contribution < -0.4 is 5.32 Å². The van der Waals surface area contributed by atoms with Gasteiger partial charge >= 0.3 is 0 Å². The first-order valence-corrected chi connectivity index (χ1v) is 3.29. The molecule has 0 fully saturated rings. The second-order valence-electron chi connectivity index (χ2n) is 2.36. The summed E-state index contributed by atoms with van der Waals surface area (Å²) in [6.45, 7) is 1.85. The average Bonchev–Trinajstić information content (AvgIpc) is 2.13. The molecule has 1 amide bonds. The lowest BCUT2D eigenvalue weighted by Gasteiger charge is -1.98. The Kier molecular flexibility index (Phi) is 2.07. The van der Waals surface area contributed by atoms with Crippen LogP contribution in [0.3, 0.4) is 0 Å². The van der Waals surface area contributed by atoms with Crippen molar-refractivity contribution in [3.8, 4) is 6.07 Å². The largest absolute Gasteiger partial charge is 0.331 e. The number of hydrogen-bond acceptors (Lipinski definition) is 2. The van der Waals surface area contributed by atoms with Gasteiger partial charge in [-0.05, 0) is 13.0 Å². The summed E-state index contributed by atoms with van der Waals surface area (Å²) < 4.78 is 0. The Morgan fingerprint density at radius 1 is 1.73 bits per heavy atom. The summed E-state index contributed by atoms with van der Waals surface area (Å²) in [5.41, 5.74) is 0.926. The molecule has 1 N–H and O–H groups in total. The number of carbonyl (C=O) groups excluding carboxylic acids is 1. The fourth-order valence-electron chi connectivity index (χ4n) is 0.835. The Labute approximate surface area is 65.0 Å². The third-order valence-electron chi connectivity index (χ3n) is 1.42. The molecule has 0 aliphatic carbocycles. The molecule has 1 unspecified atom stereocenters. The quantitative estimate of drug-likeness (QED) is 0.550. The van der Waals surface area contributed by atoms with Crippen molar-refractivity contribution in [1.29, 1.82) is 5.26 Å². The van der Waals surface area contributed by atoms with Crippen LogP contribution in [0.25, 0.3) is 0 Å². The lowest BCUT2D eigenvalue weighted by atomic mass is 10.1. The van der Waals surface area contributed by atoms with Crippen molar-refractivity contribution in [2.75, 3.05) is 0 Å². The summed E-state index contributed by atoms with van der Waals surface area (Å²) in [5, 5.41) is 11.0. The van der Waals surface area contributed by atoms with Gasteiger partial charge in [0.2, 0.25) is 5.91 Å². The molecule has 0 aromatic rings. The Morgan fingerprint density at radius 2 is 2.45 bits per heavy atom. The van der Waals surface area contributed by atoms with E-state index in [0.29, 0.717) is 0 Å². The van der Waals surface area contributed by atoms with E-state index in [9.17, 15) is 4.79 Å². The van der Waals surface area contributed by atoms with Gasteiger partial charge in [-0.1, -0.05) is 11.6 Å². The minimum Gasteiger partial charge on any atom is -0.331 e. The van der Waals surface area contributed by atoms with Gasteiger partial charge in [0, 0.05) is 6.20 Å². The minimum absolute atomic E-state index is 0.263. The number of amides is 1. The lowest BCUT2D eigenvalue weighted by Crippen LogP contribution is -2.23. The molecule has 0 aromatic heterocycles. The van der Waals surface area contributed by atoms with Gasteiger partial charge in [0.15, 0.2) is 0 Å². The maximum absolute atomic E-state index is 11.0. The van der Waals surface area contributed by atoms with Crippen molar-refractivity contribution in [3.63, 3.8) is 0 Å². The average molecular weight is 148 g/mol. The van der Waals surface area contributed by atoms with Crippen LogP contribution in [0.5, 0.6) is 0 Å². The van der Waals surface area contributed by atoms with Crippen molar-refractivity contribution in [3.05, 3.63) is 23.9 Å². The van der Waals surface area contributed by atoms with Crippen molar-refractivity contribution < 1.29 is 4.79 Å². The van der Waals surface area contributed by atoms with Crippen LogP contribution in [0.2, 0.25) is 0 Å². The molecule has 0 aromatic carbocycles. The molecule has 1 aliphatic heterocycles. The fraction of sp³-hybridized carbons (Fsp3) is 0.250. The van der Waals surface area contributed by atoms with E-state index in [-0.39, 0.29) is 5.91 Å². The monoisotopic (exact) mass is 148 g/mol. The van der Waals surface area contributed by atoms with Gasteiger partial charge in [-0.25, -0.2) is 0 Å². The minimum atomic E-state index is -0.648. The third kappa shape index (κ3) is 1.68. The molecule has 1 heterocycles. The molecule has 0 spiro atoms. The van der Waals surface area contributed by atoms with Crippen molar-refractivity contribution in [1.82, 2.24) is 5.32 Å². The molecule has 0 saturated carbocycles. The predicted octanol–water partition coefficient (Wildman–Crippen LogP) is 0.716. The molecule has 0 saturated heterocycles. The molecule has 1 rings (SSSR count). The highest BCUT2D eigenvalue weighted by Crippen LogP contribution is 2.06. The number of carbonyl (C=O) groups is 1. The predicted molar refractivity (Wildman–Crippen MR) is 40.1 cm³/mol. The van der Waals surface area contributed by atoms with Crippen molar-refractivity contribution in [2.24, 2.45) is 5.92 Å². The zero-order valence-corrected chi connectivity index (χ0v) is 6.16. The van der Waals surface area contributed by atoms with Gasteiger partial charge < -0.3 is 5.32 Å². The zero-order chi connectivity index (χ0) is 8.27. The normalized spacial score (nSPS) is 23.1. The topological polar surface area (TPSA) is 52.9 Å². The summed E-state index contributed by atoms with van der Waals surface area (Å²) in [6, 6.07) is 1.90. The lowest BCUT2D eigenvalue weighted by molar-refractivity contribution is -0.121. The van der Waals surface area contributed by atoms with E-state index in [4.69, 9.17) is 5.26 Å². The Bertz CT molecular complexity index is 270. The van der Waals surface area contributed by atoms with Gasteiger partial charge in [0.25, 0.3) is 0 Å². The molecular formula is C8H8N2O. The van der Waals surface area contributed by atoms with Gasteiger partial charge in [-0.3, -0.25) is 4.79 Å². The summed E-state index contributed by atoms with van der Waals surface area (Å²) in [5.74, 6) is -0.911. The summed E-state index contributed by atoms with van der Waals surface area (Å²) in [7, 11) is 0. The number of nitriles is 1. The van der Waals surface area contributed by atoms with Crippen LogP contribution in [-0.4, -0.2) is 5.91 Å². The van der Waals surface area contributed by atoms with Crippen LogP contribution >= 0.6 is 0 Å². The van der Waals surface area contributed by atoms with Crippen molar-refractivity contribution >= 4 is 5.91 Å². The van der Waals surface area contributed by atoms with Gasteiger partial charge in [-0.15, -0.1) is 0 Å². The van der Waals surface area contributed by atoms with Crippen LogP contribution in [0, 0.1) is 17.2 Å². The standard InChI is InChI=1S/C8H8N2O/c1-6-2-3-10-8(11)7(4-6)5-9/h2-4,7H,1H3,(H,10,11). The summed E-state index contributed by atoms with van der Waals surface area (Å²) in [6.07, 6.45) is 4.94. The Hall–Kier alpha value is -1.56. The highest BCUT2D eigenvalue weighted by molar-refractivity contribution is 5.84. The second-order valence-corrected chi connectivity index (χ2v) is 2.36. The number of hydrogen-bond donors (Lipinski definition) is 1. The first kappa shape index (κ1) is 7.55. The molecule has 0 radical (unpaired) electrons. The molecule has 3 nitrogen and oxygen atoms in total. The van der Waals surface area contributed by atoms with Crippen molar-refractivity contribution in [2.45, 2.75) is 6.92 Å². The number of nitrogens with zero attached hydrogens (tertiary/aromatic N) is 1. The van der Waals surface area contributed by atoms with Crippen LogP contribution in [0.1, 0.15) is 6.92 Å². The Balaban J connectivity index is 2.90. The molecule has 1 aliphatic rings. The van der Waals surface area contributed by atoms with E-state index in [2.05, 4.69) is 5.32 Å². The first-order chi connectivity index (χ1) is 5.24. The molecule has 56 valence electrons. The molecule has 11 heavy (non-hydrogen) atoms. The highest BCUT2D eigenvalue weighted by atomic mass is 16.1. The molecule has 0 bridgehead atoms. The van der Waals surface area contributed by atoms with Crippen LogP contribution in [0.4, 0.5) is 0 Å².